The van der Waals surface area contributed by atoms with Gasteiger partial charge in [0.2, 0.25) is 5.91 Å². The number of ether oxygens (including phenoxy) is 2. The molecule has 1 fully saturated rings. The van der Waals surface area contributed by atoms with Crippen LogP contribution in [0.5, 0.6) is 5.75 Å². The number of hydrogen-bond acceptors (Lipinski definition) is 5. The van der Waals surface area contributed by atoms with Gasteiger partial charge in [0, 0.05) is 25.3 Å². The summed E-state index contributed by atoms with van der Waals surface area (Å²) < 4.78 is 10.6. The first-order chi connectivity index (χ1) is 11.6. The molecule has 24 heavy (non-hydrogen) atoms. The number of nitrogens with zero attached hydrogens (tertiary/aromatic N) is 1. The maximum atomic E-state index is 12.4. The van der Waals surface area contributed by atoms with Crippen LogP contribution in [0.2, 0.25) is 0 Å². The van der Waals surface area contributed by atoms with Gasteiger partial charge in [-0.1, -0.05) is 0 Å². The van der Waals surface area contributed by atoms with Crippen LogP contribution in [0.4, 0.5) is 5.69 Å². The molecule has 0 atom stereocenters. The molecule has 0 saturated carbocycles. The van der Waals surface area contributed by atoms with E-state index in [1.807, 2.05) is 0 Å². The quantitative estimate of drug-likeness (QED) is 0.741. The number of carbonyl (C=O) groups is 2. The number of carboxylic acid groups (broad SMARTS) is 1. The van der Waals surface area contributed by atoms with Crippen LogP contribution >= 0.6 is 0 Å². The Morgan fingerprint density at radius 2 is 1.96 bits per heavy atom. The smallest absolute Gasteiger partial charge is 0.303 e. The van der Waals surface area contributed by atoms with Gasteiger partial charge in [-0.05, 0) is 43.5 Å². The zero-order valence-corrected chi connectivity index (χ0v) is 13.3. The second kappa shape index (κ2) is 8.31. The number of carboxylic acids is 1. The summed E-state index contributed by atoms with van der Waals surface area (Å²) >= 11 is 0. The Hall–Kier alpha value is -2.59. The highest BCUT2D eigenvalue weighted by Gasteiger charge is 2.40. The third kappa shape index (κ3) is 4.70. The zero-order chi connectivity index (χ0) is 17.4. The molecule has 0 unspecified atom stereocenters. The zero-order valence-electron chi connectivity index (χ0n) is 13.3. The summed E-state index contributed by atoms with van der Waals surface area (Å²) in [7, 11) is 0. The number of rotatable bonds is 7. The maximum absolute atomic E-state index is 12.4. The third-order valence-electron chi connectivity index (χ3n) is 3.91. The predicted octanol–water partition coefficient (Wildman–Crippen LogP) is 2.19. The van der Waals surface area contributed by atoms with Gasteiger partial charge in [0.25, 0.3) is 0 Å². The van der Waals surface area contributed by atoms with Crippen molar-refractivity contribution in [3.05, 3.63) is 24.3 Å². The molecule has 0 aliphatic carbocycles. The van der Waals surface area contributed by atoms with Gasteiger partial charge in [0.05, 0.1) is 12.7 Å². The van der Waals surface area contributed by atoms with E-state index in [-0.39, 0.29) is 12.3 Å². The first-order valence-electron chi connectivity index (χ1n) is 7.81. The van der Waals surface area contributed by atoms with Crippen LogP contribution in [0.25, 0.3) is 0 Å². The number of anilines is 1. The highest BCUT2D eigenvalue weighted by atomic mass is 16.5. The van der Waals surface area contributed by atoms with E-state index >= 15 is 0 Å². The first kappa shape index (κ1) is 17.8. The minimum Gasteiger partial charge on any atom is -0.494 e. The summed E-state index contributed by atoms with van der Waals surface area (Å²) in [6, 6.07) is 8.89. The fourth-order valence-corrected chi connectivity index (χ4v) is 2.41. The van der Waals surface area contributed by atoms with E-state index in [9.17, 15) is 14.9 Å². The molecule has 1 aromatic rings. The number of aliphatic carboxylic acids is 1. The van der Waals surface area contributed by atoms with E-state index in [0.29, 0.717) is 50.5 Å². The molecule has 0 aromatic heterocycles. The third-order valence-corrected chi connectivity index (χ3v) is 3.91. The normalized spacial score (nSPS) is 16.0. The molecule has 1 aliphatic heterocycles. The minimum absolute atomic E-state index is 0.0636. The Morgan fingerprint density at radius 3 is 2.54 bits per heavy atom. The summed E-state index contributed by atoms with van der Waals surface area (Å²) in [4.78, 5) is 22.8. The van der Waals surface area contributed by atoms with Crippen molar-refractivity contribution >= 4 is 17.6 Å². The fraction of sp³-hybridized carbons (Fsp3) is 0.471. The van der Waals surface area contributed by atoms with E-state index in [4.69, 9.17) is 14.6 Å². The molecule has 0 radical (unpaired) electrons. The fourth-order valence-electron chi connectivity index (χ4n) is 2.41. The maximum Gasteiger partial charge on any atom is 0.303 e. The van der Waals surface area contributed by atoms with Gasteiger partial charge < -0.3 is 19.9 Å². The van der Waals surface area contributed by atoms with Crippen molar-refractivity contribution in [3.8, 4) is 11.8 Å². The van der Waals surface area contributed by atoms with Crippen molar-refractivity contribution in [2.45, 2.75) is 25.7 Å². The van der Waals surface area contributed by atoms with Gasteiger partial charge in [0.1, 0.15) is 11.2 Å². The number of carbonyl (C=O) groups excluding carboxylic acids is 1. The van der Waals surface area contributed by atoms with E-state index in [1.54, 1.807) is 24.3 Å². The van der Waals surface area contributed by atoms with Gasteiger partial charge in [-0.25, -0.2) is 0 Å². The molecule has 1 saturated heterocycles. The highest BCUT2D eigenvalue weighted by Crippen LogP contribution is 2.31. The Bertz CT molecular complexity index is 615. The lowest BCUT2D eigenvalue weighted by atomic mass is 9.81. The second-order valence-corrected chi connectivity index (χ2v) is 5.63. The molecule has 2 N–H and O–H groups in total. The molecule has 7 nitrogen and oxygen atoms in total. The SMILES string of the molecule is N#CC1(C(=O)Nc2ccc(OCCCC(=O)O)cc2)CCOCC1. The average Bonchev–Trinajstić information content (AvgIpc) is 2.60. The Balaban J connectivity index is 1.88. The largest absolute Gasteiger partial charge is 0.494 e. The van der Waals surface area contributed by atoms with Crippen molar-refractivity contribution in [3.63, 3.8) is 0 Å². The predicted molar refractivity (Wildman–Crippen MR) is 85.5 cm³/mol. The molecule has 128 valence electrons. The van der Waals surface area contributed by atoms with Crippen LogP contribution in [0.3, 0.4) is 0 Å². The van der Waals surface area contributed by atoms with Gasteiger partial charge in [0.15, 0.2) is 0 Å². The Labute approximate surface area is 140 Å². The van der Waals surface area contributed by atoms with Crippen molar-refractivity contribution in [2.24, 2.45) is 5.41 Å². The second-order valence-electron chi connectivity index (χ2n) is 5.63. The molecular weight excluding hydrogens is 312 g/mol. The molecule has 1 aliphatic rings. The van der Waals surface area contributed by atoms with Crippen molar-refractivity contribution < 1.29 is 24.2 Å². The molecule has 1 amide bonds. The molecule has 2 rings (SSSR count). The molecule has 0 spiro atoms. The standard InChI is InChI=1S/C17H20N2O5/c18-12-17(7-10-23-11-8-17)16(22)19-13-3-5-14(6-4-13)24-9-1-2-15(20)21/h3-6H,1-2,7-11H2,(H,19,22)(H,20,21). The molecular formula is C17H20N2O5. The molecule has 1 aromatic carbocycles. The molecule has 1 heterocycles. The summed E-state index contributed by atoms with van der Waals surface area (Å²) in [5, 5.41) is 20.7. The lowest BCUT2D eigenvalue weighted by molar-refractivity contribution is -0.137. The molecule has 7 heteroatoms. The number of nitrogens with one attached hydrogen (secondary N) is 1. The molecule has 0 bridgehead atoms. The monoisotopic (exact) mass is 332 g/mol. The topological polar surface area (TPSA) is 109 Å². The van der Waals surface area contributed by atoms with Gasteiger partial charge in [-0.3, -0.25) is 9.59 Å². The average molecular weight is 332 g/mol. The lowest BCUT2D eigenvalue weighted by Crippen LogP contribution is -2.39. The Kier molecular flexibility index (Phi) is 6.15. The van der Waals surface area contributed by atoms with Crippen LogP contribution in [-0.4, -0.2) is 36.8 Å². The van der Waals surface area contributed by atoms with E-state index in [1.165, 1.54) is 0 Å². The number of nitriles is 1. The van der Waals surface area contributed by atoms with Crippen molar-refractivity contribution in [2.75, 3.05) is 25.1 Å². The van der Waals surface area contributed by atoms with Gasteiger partial charge in [-0.2, -0.15) is 5.26 Å². The lowest BCUT2D eigenvalue weighted by Gasteiger charge is -2.29. The van der Waals surface area contributed by atoms with Crippen molar-refractivity contribution in [1.29, 1.82) is 5.26 Å². The summed E-state index contributed by atoms with van der Waals surface area (Å²) in [6.45, 7) is 1.13. The summed E-state index contributed by atoms with van der Waals surface area (Å²) in [5.74, 6) is -0.570. The summed E-state index contributed by atoms with van der Waals surface area (Å²) in [5.41, 5.74) is -0.455. The van der Waals surface area contributed by atoms with Gasteiger partial charge >= 0.3 is 5.97 Å². The van der Waals surface area contributed by atoms with Crippen LogP contribution in [0.1, 0.15) is 25.7 Å². The summed E-state index contributed by atoms with van der Waals surface area (Å²) in [6.07, 6.45) is 1.27. The Morgan fingerprint density at radius 1 is 1.29 bits per heavy atom. The van der Waals surface area contributed by atoms with Crippen molar-refractivity contribution in [1.82, 2.24) is 0 Å². The number of benzene rings is 1. The van der Waals surface area contributed by atoms with E-state index < -0.39 is 11.4 Å². The van der Waals surface area contributed by atoms with Crippen LogP contribution in [0.15, 0.2) is 24.3 Å². The highest BCUT2D eigenvalue weighted by molar-refractivity contribution is 5.97. The number of amides is 1. The van der Waals surface area contributed by atoms with Crippen LogP contribution in [-0.2, 0) is 14.3 Å². The van der Waals surface area contributed by atoms with E-state index in [2.05, 4.69) is 11.4 Å². The van der Waals surface area contributed by atoms with Crippen LogP contribution < -0.4 is 10.1 Å². The van der Waals surface area contributed by atoms with Crippen LogP contribution in [0, 0.1) is 16.7 Å². The number of hydrogen-bond donors (Lipinski definition) is 2. The van der Waals surface area contributed by atoms with E-state index in [0.717, 1.165) is 0 Å². The van der Waals surface area contributed by atoms with Gasteiger partial charge in [-0.15, -0.1) is 0 Å². The first-order valence-corrected chi connectivity index (χ1v) is 7.81. The minimum atomic E-state index is -1.04.